The molecule has 6 atom stereocenters. The van der Waals surface area contributed by atoms with Gasteiger partial charge >= 0.3 is 11.9 Å². The second kappa shape index (κ2) is 23.5. The number of carbonyl (C=O) groups is 8. The number of benzene rings is 3. The van der Waals surface area contributed by atoms with Gasteiger partial charge in [0.2, 0.25) is 35.4 Å². The number of amides is 6. The Kier molecular flexibility index (Phi) is 17.7. The third-order valence-corrected chi connectivity index (χ3v) is 11.4. The number of primary amides is 1. The van der Waals surface area contributed by atoms with Gasteiger partial charge in [-0.2, -0.15) is 11.8 Å². The summed E-state index contributed by atoms with van der Waals surface area (Å²) in [4.78, 5) is 111. The van der Waals surface area contributed by atoms with Crippen LogP contribution in [0.1, 0.15) is 42.4 Å². The number of phenolic OH excluding ortho intramolecular Hbond substituents is 1. The van der Waals surface area contributed by atoms with Gasteiger partial charge in [-0.3, -0.25) is 33.6 Å². The molecule has 6 amide bonds. The Morgan fingerprint density at radius 2 is 1.09 bits per heavy atom. The summed E-state index contributed by atoms with van der Waals surface area (Å²) in [6, 6.07) is 11.6. The number of nitrogens with two attached hydrogens (primary N) is 2. The van der Waals surface area contributed by atoms with E-state index in [0.717, 1.165) is 27.4 Å². The van der Waals surface area contributed by atoms with Gasteiger partial charge in [-0.25, -0.2) is 4.79 Å². The number of aliphatic carboxylic acids is 2. The van der Waals surface area contributed by atoms with Crippen molar-refractivity contribution in [2.75, 3.05) is 12.0 Å². The van der Waals surface area contributed by atoms with Crippen molar-refractivity contribution in [1.82, 2.24) is 36.6 Å². The maximum absolute atomic E-state index is 14.3. The quantitative estimate of drug-likeness (QED) is 0.0384. The molecular formula is C45H53N9O11S. The van der Waals surface area contributed by atoms with Crippen molar-refractivity contribution in [1.29, 1.82) is 0 Å². The van der Waals surface area contributed by atoms with Gasteiger partial charge in [0.25, 0.3) is 0 Å². The lowest BCUT2D eigenvalue weighted by atomic mass is 10.0. The Hall–Kier alpha value is -7.39. The highest BCUT2D eigenvalue weighted by Gasteiger charge is 2.34. The average Bonchev–Trinajstić information content (AvgIpc) is 3.89. The van der Waals surface area contributed by atoms with Gasteiger partial charge < -0.3 is 63.3 Å². The molecule has 2 aromatic heterocycles. The molecule has 20 nitrogen and oxygen atoms in total. The molecule has 0 unspecified atom stereocenters. The van der Waals surface area contributed by atoms with E-state index in [0.29, 0.717) is 16.9 Å². The van der Waals surface area contributed by atoms with E-state index in [2.05, 4.69) is 36.6 Å². The van der Waals surface area contributed by atoms with Crippen LogP contribution in [0.5, 0.6) is 5.75 Å². The van der Waals surface area contributed by atoms with Gasteiger partial charge in [-0.1, -0.05) is 48.5 Å². The minimum atomic E-state index is -1.83. The van der Waals surface area contributed by atoms with Crippen LogP contribution < -0.4 is 38.1 Å². The molecule has 5 rings (SSSR count). The summed E-state index contributed by atoms with van der Waals surface area (Å²) in [7, 11) is 0. The number of aromatic amines is 2. The Balaban J connectivity index is 1.36. The molecular weight excluding hydrogens is 875 g/mol. The van der Waals surface area contributed by atoms with Crippen LogP contribution in [0.3, 0.4) is 0 Å². The van der Waals surface area contributed by atoms with E-state index in [1.807, 2.05) is 48.5 Å². The fourth-order valence-corrected chi connectivity index (χ4v) is 7.71. The smallest absolute Gasteiger partial charge is 0.326 e. The van der Waals surface area contributed by atoms with Gasteiger partial charge in [0.15, 0.2) is 0 Å². The number of thioether (sulfide) groups is 1. The molecule has 5 aromatic rings. The van der Waals surface area contributed by atoms with Gasteiger partial charge in [0.1, 0.15) is 36.0 Å². The van der Waals surface area contributed by atoms with E-state index in [1.54, 1.807) is 18.6 Å². The van der Waals surface area contributed by atoms with E-state index >= 15 is 0 Å². The van der Waals surface area contributed by atoms with Crippen LogP contribution in [0, 0.1) is 0 Å². The van der Waals surface area contributed by atoms with E-state index in [4.69, 9.17) is 11.5 Å². The average molecular weight is 928 g/mol. The fourth-order valence-electron chi connectivity index (χ4n) is 7.24. The Bertz CT molecular complexity index is 2540. The van der Waals surface area contributed by atoms with Crippen molar-refractivity contribution < 1.29 is 53.7 Å². The first-order chi connectivity index (χ1) is 31.5. The molecule has 0 saturated carbocycles. The minimum Gasteiger partial charge on any atom is -0.508 e. The summed E-state index contributed by atoms with van der Waals surface area (Å²) in [5, 5.41) is 43.5. The second-order valence-electron chi connectivity index (χ2n) is 15.6. The molecule has 3 aromatic carbocycles. The van der Waals surface area contributed by atoms with Crippen LogP contribution in [0.2, 0.25) is 0 Å². The molecule has 0 spiro atoms. The second-order valence-corrected chi connectivity index (χ2v) is 16.6. The van der Waals surface area contributed by atoms with Crippen molar-refractivity contribution >= 4 is 80.9 Å². The number of para-hydroxylation sites is 2. The highest BCUT2D eigenvalue weighted by atomic mass is 32.2. The van der Waals surface area contributed by atoms with Gasteiger partial charge in [0.05, 0.1) is 12.5 Å². The summed E-state index contributed by atoms with van der Waals surface area (Å²) in [6.45, 7) is 0. The lowest BCUT2D eigenvalue weighted by Gasteiger charge is -2.27. The number of carboxylic acid groups (broad SMARTS) is 2. The highest BCUT2D eigenvalue weighted by Crippen LogP contribution is 2.21. The number of nitrogens with one attached hydrogen (secondary N) is 7. The first kappa shape index (κ1) is 49.6. The predicted molar refractivity (Wildman–Crippen MR) is 245 cm³/mol. The zero-order chi connectivity index (χ0) is 47.9. The molecule has 0 radical (unpaired) electrons. The van der Waals surface area contributed by atoms with Crippen LogP contribution in [-0.2, 0) is 57.6 Å². The van der Waals surface area contributed by atoms with Crippen LogP contribution in [-0.4, -0.2) is 121 Å². The summed E-state index contributed by atoms with van der Waals surface area (Å²) >= 11 is 1.34. The topological polar surface area (TPSA) is 341 Å². The molecule has 66 heavy (non-hydrogen) atoms. The number of aromatic nitrogens is 2. The molecule has 14 N–H and O–H groups in total. The fraction of sp³-hybridized carbons (Fsp3) is 0.333. The van der Waals surface area contributed by atoms with E-state index < -0.39 is 90.1 Å². The van der Waals surface area contributed by atoms with Gasteiger partial charge in [-0.15, -0.1) is 0 Å². The highest BCUT2D eigenvalue weighted by molar-refractivity contribution is 7.98. The van der Waals surface area contributed by atoms with E-state index in [1.165, 1.54) is 36.0 Å². The van der Waals surface area contributed by atoms with Crippen molar-refractivity contribution in [2.24, 2.45) is 11.5 Å². The molecule has 0 aliphatic heterocycles. The molecule has 0 fully saturated rings. The number of fused-ring (bicyclic) bond motifs is 2. The zero-order valence-electron chi connectivity index (χ0n) is 35.9. The molecule has 350 valence electrons. The number of carbonyl (C=O) groups excluding carboxylic acids is 6. The monoisotopic (exact) mass is 927 g/mol. The molecule has 0 aliphatic rings. The molecule has 0 saturated heterocycles. The molecule has 2 heterocycles. The maximum atomic E-state index is 14.3. The largest absolute Gasteiger partial charge is 0.508 e. The van der Waals surface area contributed by atoms with Crippen molar-refractivity contribution in [3.8, 4) is 5.75 Å². The van der Waals surface area contributed by atoms with Gasteiger partial charge in [-0.05, 0) is 72.2 Å². The minimum absolute atomic E-state index is 0.00173. The number of aromatic hydroxyl groups is 1. The number of H-pyrrole nitrogens is 2. The maximum Gasteiger partial charge on any atom is 0.326 e. The Morgan fingerprint density at radius 3 is 1.65 bits per heavy atom. The van der Waals surface area contributed by atoms with Crippen molar-refractivity contribution in [3.05, 3.63) is 102 Å². The van der Waals surface area contributed by atoms with E-state index in [9.17, 15) is 53.7 Å². The predicted octanol–water partition coefficient (Wildman–Crippen LogP) is 0.712. The van der Waals surface area contributed by atoms with Crippen molar-refractivity contribution in [2.45, 2.75) is 81.2 Å². The number of hydrogen-bond donors (Lipinski definition) is 12. The molecule has 0 aliphatic carbocycles. The zero-order valence-corrected chi connectivity index (χ0v) is 36.7. The molecule has 0 bridgehead atoms. The van der Waals surface area contributed by atoms with Crippen LogP contribution >= 0.6 is 11.8 Å². The van der Waals surface area contributed by atoms with E-state index in [-0.39, 0.29) is 44.3 Å². The number of rotatable bonds is 25. The van der Waals surface area contributed by atoms with Crippen molar-refractivity contribution in [3.63, 3.8) is 0 Å². The Morgan fingerprint density at radius 1 is 0.606 bits per heavy atom. The van der Waals surface area contributed by atoms with Gasteiger partial charge in [0, 0.05) is 53.5 Å². The van der Waals surface area contributed by atoms with Crippen LogP contribution in [0.15, 0.2) is 85.2 Å². The third kappa shape index (κ3) is 14.1. The lowest BCUT2D eigenvalue weighted by molar-refractivity contribution is -0.143. The van der Waals surface area contributed by atoms with Crippen LogP contribution in [0.4, 0.5) is 0 Å². The normalized spacial score (nSPS) is 13.9. The first-order valence-corrected chi connectivity index (χ1v) is 22.3. The summed E-state index contributed by atoms with van der Waals surface area (Å²) in [5.41, 5.74) is 15.1. The molecule has 21 heteroatoms. The number of hydrogen-bond acceptors (Lipinski definition) is 11. The summed E-state index contributed by atoms with van der Waals surface area (Å²) in [6.07, 6.45) is 3.31. The lowest BCUT2D eigenvalue weighted by Crippen LogP contribution is -2.60. The summed E-state index contributed by atoms with van der Waals surface area (Å²) in [5.74, 6) is -8.15. The van der Waals surface area contributed by atoms with Crippen LogP contribution in [0.25, 0.3) is 21.8 Å². The standard InChI is InChI=1S/C45H53N9O11S/c1-66-17-16-33(41(60)54-37(21-39(57)58)44(63)53-35(18-24-10-12-27(55)13-11-24)42(61)51-34(45(64)65)14-15-38(47)56)50-43(62)36(20-26-23-49-32-9-5-3-7-29(26)32)52-40(59)30(46)19-25-22-48-31-8-4-2-6-28(25)31/h2-13,22-23,30,33-37,48-49,55H,14-21,46H2,1H3,(H2,47,56)(H,50,62)(H,51,61)(H,52,59)(H,53,63)(H,54,60)(H,57,58)(H,64,65)/t30-,33-,34-,35-,36-,37-/m0/s1. The Labute approximate surface area is 382 Å². The number of phenols is 1. The summed E-state index contributed by atoms with van der Waals surface area (Å²) < 4.78 is 0. The first-order valence-electron chi connectivity index (χ1n) is 20.9. The third-order valence-electron chi connectivity index (χ3n) is 10.7. The number of carboxylic acids is 2. The SMILES string of the molecule is CSCC[C@H](NC(=O)[C@H](Cc1c[nH]c2ccccc12)NC(=O)[C@@H](N)Cc1c[nH]c2ccccc12)C(=O)N[C@@H](CC(=O)O)C(=O)N[C@@H](Cc1ccc(O)cc1)C(=O)N[C@@H](CCC(N)=O)C(=O)O.